The molecule has 0 unspecified atom stereocenters. The molecule has 22 heavy (non-hydrogen) atoms. The molecular weight excluding hydrogens is 317 g/mol. The van der Waals surface area contributed by atoms with Crippen LogP contribution in [0, 0.1) is 0 Å². The van der Waals surface area contributed by atoms with Crippen LogP contribution in [-0.2, 0) is 19.0 Å². The number of benzene rings is 1. The van der Waals surface area contributed by atoms with Crippen molar-refractivity contribution in [1.82, 2.24) is 9.88 Å². The van der Waals surface area contributed by atoms with Crippen LogP contribution < -0.4 is 0 Å². The maximum absolute atomic E-state index is 12.8. The fourth-order valence-corrected chi connectivity index (χ4v) is 3.01. The second-order valence-electron chi connectivity index (χ2n) is 5.45. The minimum absolute atomic E-state index is 0.209. The van der Waals surface area contributed by atoms with Crippen LogP contribution >= 0.6 is 11.6 Å². The van der Waals surface area contributed by atoms with E-state index in [4.69, 9.17) is 16.0 Å². The highest BCUT2D eigenvalue weighted by Crippen LogP contribution is 2.33. The molecule has 0 radical (unpaired) electrons. The van der Waals surface area contributed by atoms with E-state index in [0.717, 1.165) is 43.6 Å². The molecule has 0 saturated carbocycles. The van der Waals surface area contributed by atoms with Gasteiger partial charge in [0.05, 0.1) is 0 Å². The summed E-state index contributed by atoms with van der Waals surface area (Å²) < 4.78 is 43.2. The molecule has 0 amide bonds. The Balaban J connectivity index is 1.91. The topological polar surface area (TPSA) is 29.3 Å². The molecule has 3 rings (SSSR count). The Bertz CT molecular complexity index is 669. The normalized spacial score (nSPS) is 16.7. The minimum Gasteiger partial charge on any atom is -0.433 e. The molecule has 0 saturated heterocycles. The highest BCUT2D eigenvalue weighted by Gasteiger charge is 2.38. The smallest absolute Gasteiger partial charge is 0.433 e. The Morgan fingerprint density at radius 3 is 2.73 bits per heavy atom. The molecule has 1 aromatic heterocycles. The van der Waals surface area contributed by atoms with Crippen molar-refractivity contribution in [2.24, 2.45) is 0 Å². The predicted molar refractivity (Wildman–Crippen MR) is 78.2 cm³/mol. The van der Waals surface area contributed by atoms with E-state index in [1.165, 1.54) is 0 Å². The highest BCUT2D eigenvalue weighted by molar-refractivity contribution is 6.17. The summed E-state index contributed by atoms with van der Waals surface area (Å²) in [6.07, 6.45) is -2.15. The van der Waals surface area contributed by atoms with E-state index >= 15 is 0 Å². The second kappa shape index (κ2) is 6.08. The fraction of sp³-hybridized carbons (Fsp3) is 0.533. The van der Waals surface area contributed by atoms with Crippen molar-refractivity contribution in [1.29, 1.82) is 0 Å². The first-order valence-electron chi connectivity index (χ1n) is 7.26. The number of rotatable bonds is 3. The number of halogens is 4. The molecule has 120 valence electrons. The van der Waals surface area contributed by atoms with Gasteiger partial charge in [0.2, 0.25) is 0 Å². The lowest BCUT2D eigenvalue weighted by molar-refractivity contribution is -0.156. The molecule has 0 atom stereocenters. The number of hydrogen-bond acceptors (Lipinski definition) is 3. The van der Waals surface area contributed by atoms with Gasteiger partial charge in [-0.3, -0.25) is 0 Å². The Hall–Kier alpha value is -1.27. The predicted octanol–water partition coefficient (Wildman–Crippen LogP) is 3.88. The van der Waals surface area contributed by atoms with Crippen molar-refractivity contribution in [2.45, 2.75) is 25.4 Å². The second-order valence-corrected chi connectivity index (χ2v) is 5.83. The molecule has 2 heterocycles. The van der Waals surface area contributed by atoms with Gasteiger partial charge in [-0.05, 0) is 43.0 Å². The van der Waals surface area contributed by atoms with Crippen LogP contribution in [0.1, 0.15) is 23.4 Å². The molecule has 1 aromatic carbocycles. The lowest BCUT2D eigenvalue weighted by Crippen LogP contribution is -2.27. The number of nitrogens with zero attached hydrogens (tertiary/aromatic N) is 2. The zero-order chi connectivity index (χ0) is 15.7. The molecule has 1 aliphatic heterocycles. The number of oxazole rings is 1. The first-order valence-corrected chi connectivity index (χ1v) is 7.79. The van der Waals surface area contributed by atoms with E-state index in [1.807, 2.05) is 6.07 Å². The van der Waals surface area contributed by atoms with Crippen molar-refractivity contribution in [3.63, 3.8) is 0 Å². The van der Waals surface area contributed by atoms with Gasteiger partial charge in [0.25, 0.3) is 0 Å². The van der Waals surface area contributed by atoms with Gasteiger partial charge in [0.15, 0.2) is 5.58 Å². The molecule has 0 aliphatic carbocycles. The summed E-state index contributed by atoms with van der Waals surface area (Å²) in [5.74, 6) is -0.550. The molecule has 0 N–H and O–H groups in total. The van der Waals surface area contributed by atoms with Crippen molar-refractivity contribution in [2.75, 3.05) is 25.5 Å². The maximum atomic E-state index is 12.8. The summed E-state index contributed by atoms with van der Waals surface area (Å²) in [4.78, 5) is 5.99. The lowest BCUT2D eigenvalue weighted by Gasteiger charge is -2.18. The van der Waals surface area contributed by atoms with Crippen molar-refractivity contribution >= 4 is 22.7 Å². The molecule has 7 heteroatoms. The van der Waals surface area contributed by atoms with E-state index in [0.29, 0.717) is 17.8 Å². The summed E-state index contributed by atoms with van der Waals surface area (Å²) >= 11 is 5.72. The number of hydrogen-bond donors (Lipinski definition) is 0. The van der Waals surface area contributed by atoms with E-state index in [2.05, 4.69) is 9.88 Å². The quantitative estimate of drug-likeness (QED) is 0.799. The van der Waals surface area contributed by atoms with Gasteiger partial charge in [-0.25, -0.2) is 4.98 Å². The standard InChI is InChI=1S/C15H16ClF3N2O/c16-6-1-7-21-8-4-10-2-3-12-13(11(10)5-9-21)20-14(22-12)15(17,18)19/h2-3H,1,4-9H2. The SMILES string of the molecule is FC(F)(F)c1nc2c3c(ccc2o1)CCN(CCCCl)CC3. The van der Waals surface area contributed by atoms with Gasteiger partial charge < -0.3 is 9.32 Å². The molecule has 0 spiro atoms. The van der Waals surface area contributed by atoms with Crippen LogP contribution in [0.2, 0.25) is 0 Å². The Morgan fingerprint density at radius 2 is 2.00 bits per heavy atom. The Kier molecular flexibility index (Phi) is 4.32. The molecule has 0 bridgehead atoms. The fourth-order valence-electron chi connectivity index (χ4n) is 2.89. The third-order valence-corrected chi connectivity index (χ3v) is 4.26. The minimum atomic E-state index is -4.55. The van der Waals surface area contributed by atoms with Crippen LogP contribution in [0.3, 0.4) is 0 Å². The van der Waals surface area contributed by atoms with Crippen LogP contribution in [0.4, 0.5) is 13.2 Å². The van der Waals surface area contributed by atoms with Gasteiger partial charge >= 0.3 is 12.1 Å². The van der Waals surface area contributed by atoms with Crippen molar-refractivity contribution in [3.8, 4) is 0 Å². The highest BCUT2D eigenvalue weighted by atomic mass is 35.5. The Morgan fingerprint density at radius 1 is 1.23 bits per heavy atom. The van der Waals surface area contributed by atoms with E-state index < -0.39 is 12.1 Å². The third-order valence-electron chi connectivity index (χ3n) is 3.99. The van der Waals surface area contributed by atoms with E-state index in [9.17, 15) is 13.2 Å². The number of alkyl halides is 4. The van der Waals surface area contributed by atoms with Crippen LogP contribution in [-0.4, -0.2) is 35.4 Å². The zero-order valence-corrected chi connectivity index (χ0v) is 12.7. The van der Waals surface area contributed by atoms with Gasteiger partial charge in [-0.2, -0.15) is 13.2 Å². The first-order chi connectivity index (χ1) is 10.5. The molecule has 0 fully saturated rings. The van der Waals surface area contributed by atoms with Gasteiger partial charge in [-0.1, -0.05) is 6.07 Å². The maximum Gasteiger partial charge on any atom is 0.468 e. The first kappa shape index (κ1) is 15.6. The van der Waals surface area contributed by atoms with Gasteiger partial charge in [0, 0.05) is 19.0 Å². The Labute approximate surface area is 131 Å². The third kappa shape index (κ3) is 3.08. The zero-order valence-electron chi connectivity index (χ0n) is 11.9. The lowest BCUT2D eigenvalue weighted by atomic mass is 10.0. The van der Waals surface area contributed by atoms with E-state index in [1.54, 1.807) is 6.07 Å². The average molecular weight is 333 g/mol. The molecule has 2 aromatic rings. The number of aromatic nitrogens is 1. The van der Waals surface area contributed by atoms with Gasteiger partial charge in [0.1, 0.15) is 5.52 Å². The number of fused-ring (bicyclic) bond motifs is 3. The summed E-state index contributed by atoms with van der Waals surface area (Å²) in [6.45, 7) is 2.60. The molecule has 3 nitrogen and oxygen atoms in total. The average Bonchev–Trinajstić information content (AvgIpc) is 2.81. The summed E-state index contributed by atoms with van der Waals surface area (Å²) in [5, 5.41) is 0. The van der Waals surface area contributed by atoms with Crippen LogP contribution in [0.25, 0.3) is 11.1 Å². The monoisotopic (exact) mass is 332 g/mol. The summed E-state index contributed by atoms with van der Waals surface area (Å²) in [6, 6.07) is 3.44. The van der Waals surface area contributed by atoms with Crippen LogP contribution in [0.5, 0.6) is 0 Å². The molecule has 1 aliphatic rings. The largest absolute Gasteiger partial charge is 0.468 e. The van der Waals surface area contributed by atoms with Crippen molar-refractivity contribution < 1.29 is 17.6 Å². The summed E-state index contributed by atoms with van der Waals surface area (Å²) in [7, 11) is 0. The van der Waals surface area contributed by atoms with Gasteiger partial charge in [-0.15, -0.1) is 11.6 Å². The summed E-state index contributed by atoms with van der Waals surface area (Å²) in [5.41, 5.74) is 2.50. The molecular formula is C15H16ClF3N2O. The van der Waals surface area contributed by atoms with E-state index in [-0.39, 0.29) is 5.58 Å². The van der Waals surface area contributed by atoms with Crippen molar-refractivity contribution in [3.05, 3.63) is 29.2 Å². The van der Waals surface area contributed by atoms with Crippen LogP contribution in [0.15, 0.2) is 16.5 Å².